The van der Waals surface area contributed by atoms with E-state index in [1.54, 1.807) is 17.9 Å². The molecule has 0 radical (unpaired) electrons. The smallest absolute Gasteiger partial charge is 0.340 e. The Hall–Kier alpha value is -3.44. The molecule has 5 nitrogen and oxygen atoms in total. The number of rotatable bonds is 4. The van der Waals surface area contributed by atoms with Gasteiger partial charge in [-0.25, -0.2) is 4.79 Å². The number of ether oxygens (including phenoxy) is 1. The summed E-state index contributed by atoms with van der Waals surface area (Å²) < 4.78 is 4.97. The highest BCUT2D eigenvalue weighted by molar-refractivity contribution is 6.14. The Kier molecular flexibility index (Phi) is 5.38. The van der Waals surface area contributed by atoms with Crippen LogP contribution in [-0.4, -0.2) is 35.1 Å². The summed E-state index contributed by atoms with van der Waals surface area (Å²) in [7, 11) is 1.30. The normalized spacial score (nSPS) is 19.8. The number of carbonyl (C=O) groups excluding carboxylic acids is 2. The Bertz CT molecular complexity index is 1190. The number of amides is 1. The summed E-state index contributed by atoms with van der Waals surface area (Å²) in [6.45, 7) is 2.10. The first kappa shape index (κ1) is 19.9. The van der Waals surface area contributed by atoms with Gasteiger partial charge in [0, 0.05) is 5.70 Å². The van der Waals surface area contributed by atoms with Gasteiger partial charge in [-0.1, -0.05) is 60.7 Å². The minimum absolute atomic E-state index is 0.241. The van der Waals surface area contributed by atoms with Gasteiger partial charge in [-0.2, -0.15) is 0 Å². The van der Waals surface area contributed by atoms with Crippen LogP contribution in [0.25, 0.3) is 11.6 Å². The van der Waals surface area contributed by atoms with Gasteiger partial charge in [0.15, 0.2) is 0 Å². The summed E-state index contributed by atoms with van der Waals surface area (Å²) >= 11 is 0. The molecule has 2 aromatic rings. The number of hydrogen-bond acceptors (Lipinski definition) is 4. The molecule has 0 bridgehead atoms. The maximum absolute atomic E-state index is 13.3. The Morgan fingerprint density at radius 1 is 1.17 bits per heavy atom. The van der Waals surface area contributed by atoms with Gasteiger partial charge < -0.3 is 14.7 Å². The number of methoxy groups -OCH3 is 1. The van der Waals surface area contributed by atoms with Crippen LogP contribution in [0.4, 0.5) is 0 Å². The molecule has 5 heteroatoms. The Balaban J connectivity index is 1.85. The molecule has 1 aliphatic carbocycles. The lowest BCUT2D eigenvalue weighted by Crippen LogP contribution is -2.34. The quantitative estimate of drug-likeness (QED) is 0.627. The van der Waals surface area contributed by atoms with Crippen molar-refractivity contribution in [2.45, 2.75) is 26.0 Å². The first-order chi connectivity index (χ1) is 14.5. The van der Waals surface area contributed by atoms with E-state index in [9.17, 15) is 14.7 Å². The van der Waals surface area contributed by atoms with E-state index in [4.69, 9.17) is 4.74 Å². The van der Waals surface area contributed by atoms with Crippen molar-refractivity contribution in [1.82, 2.24) is 4.90 Å². The average molecular weight is 401 g/mol. The van der Waals surface area contributed by atoms with E-state index >= 15 is 0 Å². The second-order valence-corrected chi connectivity index (χ2v) is 7.39. The highest BCUT2D eigenvalue weighted by Crippen LogP contribution is 2.33. The zero-order valence-corrected chi connectivity index (χ0v) is 17.0. The Morgan fingerprint density at radius 2 is 1.87 bits per heavy atom. The maximum atomic E-state index is 13.3. The lowest BCUT2D eigenvalue weighted by atomic mass is 9.93. The average Bonchev–Trinajstić information content (AvgIpc) is 3.00. The molecular weight excluding hydrogens is 378 g/mol. The van der Waals surface area contributed by atoms with Gasteiger partial charge in [-0.15, -0.1) is 0 Å². The SMILES string of the molecule is COC(=O)C1=C(C)N(Cc2ccccc2)C(=O)/C1=C\C1=c2ccccc2=CCC1O. The van der Waals surface area contributed by atoms with Crippen LogP contribution >= 0.6 is 0 Å². The van der Waals surface area contributed by atoms with Crippen LogP contribution in [0, 0.1) is 0 Å². The summed E-state index contributed by atoms with van der Waals surface area (Å²) in [5, 5.41) is 12.5. The fraction of sp³-hybridized carbons (Fsp3) is 0.200. The minimum Gasteiger partial charge on any atom is -0.465 e. The third-order valence-corrected chi connectivity index (χ3v) is 5.58. The van der Waals surface area contributed by atoms with Crippen LogP contribution in [0.3, 0.4) is 0 Å². The third kappa shape index (κ3) is 3.48. The van der Waals surface area contributed by atoms with Gasteiger partial charge in [0.05, 0.1) is 30.9 Å². The standard InChI is InChI=1S/C25H23NO4/c1-16-23(25(29)30-2)21(24(28)26(16)15-17-8-4-3-5-9-17)14-20-19-11-7-6-10-18(19)12-13-22(20)27/h3-12,14,22,27H,13,15H2,1-2H3/b21-14-. The number of fused-ring (bicyclic) bond motifs is 1. The van der Waals surface area contributed by atoms with Crippen molar-refractivity contribution >= 4 is 23.5 Å². The highest BCUT2D eigenvalue weighted by atomic mass is 16.5. The van der Waals surface area contributed by atoms with Crippen LogP contribution in [0.2, 0.25) is 0 Å². The molecule has 1 atom stereocenters. The molecule has 4 rings (SSSR count). The first-order valence-corrected chi connectivity index (χ1v) is 9.86. The second kappa shape index (κ2) is 8.13. The van der Waals surface area contributed by atoms with E-state index in [0.29, 0.717) is 24.2 Å². The molecule has 1 unspecified atom stereocenters. The van der Waals surface area contributed by atoms with Gasteiger partial charge in [-0.05, 0) is 41.0 Å². The van der Waals surface area contributed by atoms with Crippen molar-refractivity contribution in [3.63, 3.8) is 0 Å². The Morgan fingerprint density at radius 3 is 2.60 bits per heavy atom. The second-order valence-electron chi connectivity index (χ2n) is 7.39. The van der Waals surface area contributed by atoms with E-state index in [1.807, 2.05) is 60.7 Å². The molecule has 2 aliphatic rings. The van der Waals surface area contributed by atoms with Gasteiger partial charge >= 0.3 is 5.97 Å². The molecule has 1 N–H and O–H groups in total. The molecule has 0 spiro atoms. The molecule has 0 aromatic heterocycles. The number of aliphatic hydroxyl groups excluding tert-OH is 1. The summed E-state index contributed by atoms with van der Waals surface area (Å²) in [5.41, 5.74) is 2.63. The molecule has 152 valence electrons. The van der Waals surface area contributed by atoms with Crippen molar-refractivity contribution in [3.05, 3.63) is 93.5 Å². The van der Waals surface area contributed by atoms with Gasteiger partial charge in [0.1, 0.15) is 0 Å². The van der Waals surface area contributed by atoms with Gasteiger partial charge in [0.25, 0.3) is 5.91 Å². The fourth-order valence-electron chi connectivity index (χ4n) is 4.00. The van der Waals surface area contributed by atoms with Crippen molar-refractivity contribution in [3.8, 4) is 0 Å². The van der Waals surface area contributed by atoms with E-state index in [1.165, 1.54) is 7.11 Å². The molecule has 1 aliphatic heterocycles. The maximum Gasteiger partial charge on any atom is 0.340 e. The van der Waals surface area contributed by atoms with E-state index in [-0.39, 0.29) is 17.1 Å². The molecule has 1 amide bonds. The minimum atomic E-state index is -0.748. The third-order valence-electron chi connectivity index (χ3n) is 5.58. The fourth-order valence-corrected chi connectivity index (χ4v) is 4.00. The van der Waals surface area contributed by atoms with Crippen molar-refractivity contribution in [2.75, 3.05) is 7.11 Å². The van der Waals surface area contributed by atoms with Gasteiger partial charge in [0.2, 0.25) is 0 Å². The number of esters is 1. The predicted octanol–water partition coefficient (Wildman–Crippen LogP) is 1.80. The van der Waals surface area contributed by atoms with Crippen molar-refractivity contribution in [1.29, 1.82) is 0 Å². The molecule has 30 heavy (non-hydrogen) atoms. The number of nitrogens with zero attached hydrogens (tertiary/aromatic N) is 1. The summed E-state index contributed by atoms with van der Waals surface area (Å²) in [6.07, 6.45) is 3.33. The molecule has 0 saturated carbocycles. The van der Waals surface area contributed by atoms with Crippen LogP contribution in [0.1, 0.15) is 18.9 Å². The number of hydrogen-bond donors (Lipinski definition) is 1. The van der Waals surface area contributed by atoms with Crippen molar-refractivity contribution in [2.24, 2.45) is 0 Å². The monoisotopic (exact) mass is 401 g/mol. The summed E-state index contributed by atoms with van der Waals surface area (Å²) in [4.78, 5) is 27.5. The zero-order chi connectivity index (χ0) is 21.3. The number of aliphatic hydroxyl groups is 1. The molecule has 0 saturated heterocycles. The number of carbonyl (C=O) groups is 2. The Labute approximate surface area is 174 Å². The van der Waals surface area contributed by atoms with E-state index in [0.717, 1.165) is 16.0 Å². The van der Waals surface area contributed by atoms with Crippen molar-refractivity contribution < 1.29 is 19.4 Å². The summed E-state index contributed by atoms with van der Waals surface area (Å²) in [5.74, 6) is -0.836. The van der Waals surface area contributed by atoms with E-state index < -0.39 is 12.1 Å². The van der Waals surface area contributed by atoms with Crippen LogP contribution < -0.4 is 10.4 Å². The van der Waals surface area contributed by atoms with Crippen LogP contribution in [-0.2, 0) is 20.9 Å². The van der Waals surface area contributed by atoms with Gasteiger partial charge in [-0.3, -0.25) is 4.79 Å². The lowest BCUT2D eigenvalue weighted by Gasteiger charge is -2.18. The molecule has 0 fully saturated rings. The topological polar surface area (TPSA) is 66.8 Å². The zero-order valence-electron chi connectivity index (χ0n) is 17.0. The first-order valence-electron chi connectivity index (χ1n) is 9.86. The van der Waals surface area contributed by atoms with Crippen LogP contribution in [0.15, 0.2) is 77.5 Å². The molecular formula is C25H23NO4. The van der Waals surface area contributed by atoms with Crippen LogP contribution in [0.5, 0.6) is 0 Å². The predicted molar refractivity (Wildman–Crippen MR) is 114 cm³/mol. The number of allylic oxidation sites excluding steroid dienone is 1. The number of benzene rings is 2. The highest BCUT2D eigenvalue weighted by Gasteiger charge is 2.37. The van der Waals surface area contributed by atoms with E-state index in [2.05, 4.69) is 0 Å². The summed E-state index contributed by atoms with van der Waals surface area (Å²) in [6, 6.07) is 17.3. The molecule has 1 heterocycles. The lowest BCUT2D eigenvalue weighted by molar-refractivity contribution is -0.136. The molecule has 2 aromatic carbocycles. The largest absolute Gasteiger partial charge is 0.465 e.